The zero-order chi connectivity index (χ0) is 11.6. The smallest absolute Gasteiger partial charge is 0.267 e. The molecule has 0 spiro atoms. The van der Waals surface area contributed by atoms with Gasteiger partial charge in [-0.15, -0.1) is 0 Å². The first-order valence-electron chi connectivity index (χ1n) is 5.30. The molecular formula is C11H16N2O2S. The first-order chi connectivity index (χ1) is 7.61. The third kappa shape index (κ3) is 2.41. The van der Waals surface area contributed by atoms with Crippen molar-refractivity contribution in [2.45, 2.75) is 12.0 Å². The maximum absolute atomic E-state index is 11.8. The second-order valence-electron chi connectivity index (χ2n) is 4.21. The molecule has 1 aliphatic heterocycles. The number of carbonyl (C=O) groups excluding carboxylic acids is 1. The summed E-state index contributed by atoms with van der Waals surface area (Å²) < 4.78 is 1.77. The highest BCUT2D eigenvalue weighted by Gasteiger charge is 2.32. The van der Waals surface area contributed by atoms with E-state index >= 15 is 0 Å². The van der Waals surface area contributed by atoms with Crippen LogP contribution in [-0.4, -0.2) is 39.2 Å². The van der Waals surface area contributed by atoms with Crippen LogP contribution in [0.4, 0.5) is 0 Å². The van der Waals surface area contributed by atoms with Crippen LogP contribution < -0.4 is 5.32 Å². The van der Waals surface area contributed by atoms with E-state index in [0.29, 0.717) is 18.0 Å². The van der Waals surface area contributed by atoms with Crippen LogP contribution in [-0.2, 0) is 7.05 Å². The van der Waals surface area contributed by atoms with E-state index in [2.05, 4.69) is 5.32 Å². The minimum Gasteiger partial charge on any atom is -0.387 e. The van der Waals surface area contributed by atoms with Crippen LogP contribution in [0.1, 0.15) is 16.9 Å². The van der Waals surface area contributed by atoms with Crippen molar-refractivity contribution in [3.8, 4) is 0 Å². The third-order valence-electron chi connectivity index (χ3n) is 2.84. The zero-order valence-electron chi connectivity index (χ0n) is 9.27. The Kier molecular flexibility index (Phi) is 3.25. The van der Waals surface area contributed by atoms with Gasteiger partial charge in [-0.1, -0.05) is 0 Å². The summed E-state index contributed by atoms with van der Waals surface area (Å²) in [6, 6.07) is 3.60. The molecule has 1 aromatic heterocycles. The fourth-order valence-corrected chi connectivity index (χ4v) is 3.06. The number of aromatic nitrogens is 1. The maximum Gasteiger partial charge on any atom is 0.267 e. The molecule has 0 bridgehead atoms. The summed E-state index contributed by atoms with van der Waals surface area (Å²) in [7, 11) is 1.83. The monoisotopic (exact) mass is 240 g/mol. The molecule has 88 valence electrons. The van der Waals surface area contributed by atoms with Gasteiger partial charge in [0.15, 0.2) is 0 Å². The second-order valence-corrected chi connectivity index (χ2v) is 5.32. The number of nitrogens with one attached hydrogen (secondary N) is 1. The fraction of sp³-hybridized carbons (Fsp3) is 0.545. The van der Waals surface area contributed by atoms with E-state index in [1.165, 1.54) is 0 Å². The Hall–Kier alpha value is -0.940. The van der Waals surface area contributed by atoms with Crippen molar-refractivity contribution in [1.29, 1.82) is 0 Å². The first-order valence-corrected chi connectivity index (χ1v) is 6.46. The molecule has 1 unspecified atom stereocenters. The van der Waals surface area contributed by atoms with E-state index in [-0.39, 0.29) is 5.91 Å². The van der Waals surface area contributed by atoms with Crippen molar-refractivity contribution in [1.82, 2.24) is 9.88 Å². The van der Waals surface area contributed by atoms with Crippen LogP contribution >= 0.6 is 11.8 Å². The lowest BCUT2D eigenvalue weighted by atomic mass is 10.0. The van der Waals surface area contributed by atoms with E-state index in [0.717, 1.165) is 12.2 Å². The summed E-state index contributed by atoms with van der Waals surface area (Å²) in [6.07, 6.45) is 2.58. The van der Waals surface area contributed by atoms with Crippen molar-refractivity contribution in [3.05, 3.63) is 24.0 Å². The van der Waals surface area contributed by atoms with Crippen molar-refractivity contribution < 1.29 is 9.90 Å². The number of rotatable bonds is 3. The van der Waals surface area contributed by atoms with Gasteiger partial charge in [0.05, 0.1) is 5.60 Å². The minimum atomic E-state index is -0.717. The van der Waals surface area contributed by atoms with E-state index in [1.54, 1.807) is 22.4 Å². The lowest BCUT2D eigenvalue weighted by Gasteiger charge is -2.21. The normalized spacial score (nSPS) is 24.6. The summed E-state index contributed by atoms with van der Waals surface area (Å²) in [4.78, 5) is 11.8. The number of amides is 1. The molecule has 0 aliphatic carbocycles. The van der Waals surface area contributed by atoms with Gasteiger partial charge in [-0.2, -0.15) is 11.8 Å². The van der Waals surface area contributed by atoms with Gasteiger partial charge in [-0.05, 0) is 24.3 Å². The maximum atomic E-state index is 11.8. The molecular weight excluding hydrogens is 224 g/mol. The quantitative estimate of drug-likeness (QED) is 0.814. The first kappa shape index (κ1) is 11.5. The van der Waals surface area contributed by atoms with Gasteiger partial charge in [-0.25, -0.2) is 0 Å². The van der Waals surface area contributed by atoms with Gasteiger partial charge >= 0.3 is 0 Å². The van der Waals surface area contributed by atoms with Crippen molar-refractivity contribution >= 4 is 17.7 Å². The number of hydrogen-bond acceptors (Lipinski definition) is 3. The van der Waals surface area contributed by atoms with Gasteiger partial charge in [0.2, 0.25) is 0 Å². The number of nitrogens with zero attached hydrogens (tertiary/aromatic N) is 1. The average molecular weight is 240 g/mol. The minimum absolute atomic E-state index is 0.127. The predicted octanol–water partition coefficient (Wildman–Crippen LogP) is 0.623. The molecule has 16 heavy (non-hydrogen) atoms. The van der Waals surface area contributed by atoms with Crippen LogP contribution in [0.3, 0.4) is 0 Å². The number of carbonyl (C=O) groups is 1. The van der Waals surface area contributed by atoms with E-state index in [9.17, 15) is 9.90 Å². The summed E-state index contributed by atoms with van der Waals surface area (Å²) in [5, 5.41) is 12.8. The Morgan fingerprint density at radius 2 is 2.56 bits per heavy atom. The number of aliphatic hydroxyl groups is 1. The highest BCUT2D eigenvalue weighted by Crippen LogP contribution is 2.26. The van der Waals surface area contributed by atoms with E-state index < -0.39 is 5.60 Å². The Morgan fingerprint density at radius 1 is 1.75 bits per heavy atom. The molecule has 2 heterocycles. The molecule has 4 nitrogen and oxygen atoms in total. The van der Waals surface area contributed by atoms with Gasteiger partial charge < -0.3 is 15.0 Å². The molecule has 0 saturated carbocycles. The second kappa shape index (κ2) is 4.51. The summed E-state index contributed by atoms with van der Waals surface area (Å²) in [5.74, 6) is 1.55. The van der Waals surface area contributed by atoms with Crippen LogP contribution in [0.2, 0.25) is 0 Å². The zero-order valence-corrected chi connectivity index (χ0v) is 10.1. The van der Waals surface area contributed by atoms with Gasteiger partial charge in [0.25, 0.3) is 5.91 Å². The molecule has 1 amide bonds. The molecule has 0 aromatic carbocycles. The van der Waals surface area contributed by atoms with Gasteiger partial charge in [-0.3, -0.25) is 4.79 Å². The summed E-state index contributed by atoms with van der Waals surface area (Å²) >= 11 is 1.73. The largest absolute Gasteiger partial charge is 0.387 e. The molecule has 2 N–H and O–H groups in total. The Bertz CT molecular complexity index is 383. The molecule has 5 heteroatoms. The van der Waals surface area contributed by atoms with E-state index in [1.807, 2.05) is 19.3 Å². The highest BCUT2D eigenvalue weighted by atomic mass is 32.2. The average Bonchev–Trinajstić information content (AvgIpc) is 2.85. The highest BCUT2D eigenvalue weighted by molar-refractivity contribution is 7.99. The number of hydrogen-bond donors (Lipinski definition) is 2. The molecule has 1 atom stereocenters. The summed E-state index contributed by atoms with van der Waals surface area (Å²) in [6.45, 7) is 0.337. The SMILES string of the molecule is Cn1cccc1C(=O)NCC1(O)CCSC1. The van der Waals surface area contributed by atoms with Crippen molar-refractivity contribution in [3.63, 3.8) is 0 Å². The Morgan fingerprint density at radius 3 is 3.12 bits per heavy atom. The van der Waals surface area contributed by atoms with Crippen LogP contribution in [0.5, 0.6) is 0 Å². The molecule has 1 aromatic rings. The Balaban J connectivity index is 1.91. The molecule has 1 aliphatic rings. The third-order valence-corrected chi connectivity index (χ3v) is 4.07. The fourth-order valence-electron chi connectivity index (χ4n) is 1.77. The van der Waals surface area contributed by atoms with Crippen molar-refractivity contribution in [2.75, 3.05) is 18.1 Å². The number of aryl methyl sites for hydroxylation is 1. The molecule has 1 saturated heterocycles. The molecule has 0 radical (unpaired) electrons. The molecule has 1 fully saturated rings. The van der Waals surface area contributed by atoms with Gasteiger partial charge in [0.1, 0.15) is 5.69 Å². The predicted molar refractivity (Wildman–Crippen MR) is 64.6 cm³/mol. The molecule has 2 rings (SSSR count). The lowest BCUT2D eigenvalue weighted by Crippen LogP contribution is -2.43. The van der Waals surface area contributed by atoms with E-state index in [4.69, 9.17) is 0 Å². The topological polar surface area (TPSA) is 54.3 Å². The van der Waals surface area contributed by atoms with Crippen LogP contribution in [0.25, 0.3) is 0 Å². The summed E-state index contributed by atoms with van der Waals surface area (Å²) in [5.41, 5.74) is -0.0971. The van der Waals surface area contributed by atoms with Gasteiger partial charge in [0, 0.05) is 25.5 Å². The standard InChI is InChI=1S/C11H16N2O2S/c1-13-5-2-3-9(13)10(14)12-7-11(15)4-6-16-8-11/h2-3,5,15H,4,6-8H2,1H3,(H,12,14). The van der Waals surface area contributed by atoms with Crippen LogP contribution in [0, 0.1) is 0 Å². The van der Waals surface area contributed by atoms with Crippen LogP contribution in [0.15, 0.2) is 18.3 Å². The number of thioether (sulfide) groups is 1. The lowest BCUT2D eigenvalue weighted by molar-refractivity contribution is 0.0609. The van der Waals surface area contributed by atoms with Crippen molar-refractivity contribution in [2.24, 2.45) is 7.05 Å². The Labute approximate surface area is 99.0 Å².